The minimum absolute atomic E-state index is 0.0491. The van der Waals surface area contributed by atoms with Crippen LogP contribution in [0.25, 0.3) is 0 Å². The Labute approximate surface area is 214 Å². The lowest BCUT2D eigenvalue weighted by Gasteiger charge is -2.43. The van der Waals surface area contributed by atoms with Crippen molar-refractivity contribution in [2.75, 3.05) is 24.5 Å². The largest absolute Gasteiger partial charge is 0.416 e. The fourth-order valence-electron chi connectivity index (χ4n) is 5.22. The Balaban J connectivity index is 1.82. The standard InChI is InChI=1S/C24H24ClF4IN2O2/c1-3-31(4-2)15-8-13(9-15)12-32-19-11-14(30)10-16(24(27,28)29)20(19)23(34,22(32)33)21-17(25)6-5-7-18(21)26/h5-7,10-11,13,15,34H,3-4,8-9,12H2,1-2H3/t13?,15?,23-/m0/s1. The van der Waals surface area contributed by atoms with Gasteiger partial charge in [0.25, 0.3) is 5.91 Å². The fourth-order valence-corrected chi connectivity index (χ4v) is 6.13. The molecule has 0 unspecified atom stereocenters. The molecule has 1 N–H and O–H groups in total. The molecule has 0 radical (unpaired) electrons. The minimum atomic E-state index is -4.88. The lowest BCUT2D eigenvalue weighted by atomic mass is 9.78. The number of benzene rings is 2. The van der Waals surface area contributed by atoms with Crippen LogP contribution in [-0.4, -0.2) is 41.6 Å². The summed E-state index contributed by atoms with van der Waals surface area (Å²) in [7, 11) is 0. The third kappa shape index (κ3) is 4.12. The van der Waals surface area contributed by atoms with Crippen LogP contribution in [0, 0.1) is 15.3 Å². The summed E-state index contributed by atoms with van der Waals surface area (Å²) >= 11 is 7.90. The van der Waals surface area contributed by atoms with E-state index in [2.05, 4.69) is 18.7 Å². The molecular formula is C24H24ClF4IN2O2. The van der Waals surface area contributed by atoms with Crippen molar-refractivity contribution in [1.82, 2.24) is 4.90 Å². The first-order chi connectivity index (χ1) is 15.9. The number of carbonyl (C=O) groups excluding carboxylic acids is 1. The predicted octanol–water partition coefficient (Wildman–Crippen LogP) is 5.81. The molecule has 1 fully saturated rings. The summed E-state index contributed by atoms with van der Waals surface area (Å²) in [6.45, 7) is 6.04. The Morgan fingerprint density at radius 2 is 1.85 bits per heavy atom. The predicted molar refractivity (Wildman–Crippen MR) is 130 cm³/mol. The molecule has 184 valence electrons. The zero-order valence-electron chi connectivity index (χ0n) is 18.6. The van der Waals surface area contributed by atoms with Crippen molar-refractivity contribution in [2.24, 2.45) is 5.92 Å². The second-order valence-electron chi connectivity index (χ2n) is 8.78. The molecule has 1 aliphatic carbocycles. The van der Waals surface area contributed by atoms with Gasteiger partial charge in [-0.3, -0.25) is 4.79 Å². The van der Waals surface area contributed by atoms with Gasteiger partial charge in [-0.05, 0) is 78.7 Å². The highest BCUT2D eigenvalue weighted by atomic mass is 127. The highest BCUT2D eigenvalue weighted by Crippen LogP contribution is 2.53. The van der Waals surface area contributed by atoms with E-state index in [1.54, 1.807) is 22.6 Å². The van der Waals surface area contributed by atoms with Crippen LogP contribution in [0.5, 0.6) is 0 Å². The van der Waals surface area contributed by atoms with E-state index in [1.807, 2.05) is 0 Å². The van der Waals surface area contributed by atoms with Gasteiger partial charge in [0.2, 0.25) is 5.60 Å². The highest BCUT2D eigenvalue weighted by molar-refractivity contribution is 14.1. The molecule has 4 rings (SSSR count). The van der Waals surface area contributed by atoms with Crippen molar-refractivity contribution in [3.63, 3.8) is 0 Å². The molecule has 1 aliphatic heterocycles. The first kappa shape index (κ1) is 25.7. The lowest BCUT2D eigenvalue weighted by molar-refractivity contribution is -0.142. The molecule has 1 heterocycles. The van der Waals surface area contributed by atoms with E-state index >= 15 is 0 Å². The van der Waals surface area contributed by atoms with Crippen LogP contribution in [0.3, 0.4) is 0 Å². The second-order valence-corrected chi connectivity index (χ2v) is 10.4. The van der Waals surface area contributed by atoms with Crippen LogP contribution in [0.1, 0.15) is 43.4 Å². The van der Waals surface area contributed by atoms with Crippen LogP contribution in [-0.2, 0) is 16.6 Å². The van der Waals surface area contributed by atoms with Crippen molar-refractivity contribution in [1.29, 1.82) is 0 Å². The maximum absolute atomic E-state index is 14.9. The molecule has 0 aromatic heterocycles. The third-order valence-electron chi connectivity index (χ3n) is 6.90. The molecular weight excluding hydrogens is 587 g/mol. The first-order valence-electron chi connectivity index (χ1n) is 11.1. The lowest BCUT2D eigenvalue weighted by Crippen LogP contribution is -2.50. The van der Waals surface area contributed by atoms with Crippen molar-refractivity contribution < 1.29 is 27.5 Å². The summed E-state index contributed by atoms with van der Waals surface area (Å²) in [6, 6.07) is 6.11. The zero-order chi connectivity index (χ0) is 25.0. The van der Waals surface area contributed by atoms with Crippen molar-refractivity contribution in [3.8, 4) is 0 Å². The van der Waals surface area contributed by atoms with E-state index in [4.69, 9.17) is 11.6 Å². The van der Waals surface area contributed by atoms with Crippen molar-refractivity contribution in [3.05, 3.63) is 61.4 Å². The van der Waals surface area contributed by atoms with E-state index in [1.165, 1.54) is 23.1 Å². The van der Waals surface area contributed by atoms with Crippen molar-refractivity contribution >= 4 is 45.8 Å². The van der Waals surface area contributed by atoms with Gasteiger partial charge in [-0.1, -0.05) is 31.5 Å². The number of hydrogen-bond acceptors (Lipinski definition) is 3. The van der Waals surface area contributed by atoms with Gasteiger partial charge in [-0.2, -0.15) is 13.2 Å². The van der Waals surface area contributed by atoms with Crippen LogP contribution in [0.2, 0.25) is 5.02 Å². The Bertz CT molecular complexity index is 1100. The molecule has 2 aromatic rings. The normalized spacial score (nSPS) is 24.5. The topological polar surface area (TPSA) is 43.8 Å². The number of fused-ring (bicyclic) bond motifs is 1. The summed E-state index contributed by atoms with van der Waals surface area (Å²) in [5, 5.41) is 11.3. The molecule has 2 aliphatic rings. The summed E-state index contributed by atoms with van der Waals surface area (Å²) in [6.07, 6.45) is -3.30. The van der Waals surface area contributed by atoms with E-state index < -0.39 is 40.2 Å². The van der Waals surface area contributed by atoms with E-state index in [9.17, 15) is 27.5 Å². The molecule has 1 amide bonds. The maximum Gasteiger partial charge on any atom is 0.416 e. The molecule has 0 bridgehead atoms. The SMILES string of the molecule is CCN(CC)C1CC(CN2C(=O)[C@@](O)(c3c(F)cccc3Cl)c3c2cc(I)cc3C(F)(F)F)C1. The average Bonchev–Trinajstić information content (AvgIpc) is 2.93. The number of alkyl halides is 3. The molecule has 0 saturated heterocycles. The number of carbonyl (C=O) groups is 1. The maximum atomic E-state index is 14.9. The molecule has 0 spiro atoms. The summed E-state index contributed by atoms with van der Waals surface area (Å²) in [5.74, 6) is -2.02. The van der Waals surface area contributed by atoms with Gasteiger partial charge in [0.15, 0.2) is 0 Å². The zero-order valence-corrected chi connectivity index (χ0v) is 21.5. The van der Waals surface area contributed by atoms with Crippen LogP contribution in [0.15, 0.2) is 30.3 Å². The number of halogens is 6. The number of hydrogen-bond donors (Lipinski definition) is 1. The van der Waals surface area contributed by atoms with Crippen molar-refractivity contribution in [2.45, 2.75) is 44.5 Å². The van der Waals surface area contributed by atoms with E-state index in [0.29, 0.717) is 6.04 Å². The Kier molecular flexibility index (Phi) is 6.96. The number of amides is 1. The van der Waals surface area contributed by atoms with Crippen LogP contribution in [0.4, 0.5) is 23.2 Å². The molecule has 34 heavy (non-hydrogen) atoms. The quantitative estimate of drug-likeness (QED) is 0.332. The number of rotatable bonds is 6. The van der Waals surface area contributed by atoms with Gasteiger partial charge in [0.05, 0.1) is 21.8 Å². The van der Waals surface area contributed by atoms with Crippen LogP contribution < -0.4 is 4.90 Å². The molecule has 4 nitrogen and oxygen atoms in total. The Morgan fingerprint density at radius 1 is 1.21 bits per heavy atom. The summed E-state index contributed by atoms with van der Waals surface area (Å²) in [4.78, 5) is 17.1. The smallest absolute Gasteiger partial charge is 0.372 e. The van der Waals surface area contributed by atoms with Gasteiger partial charge < -0.3 is 14.9 Å². The molecule has 1 atom stereocenters. The Hall–Kier alpha value is -1.43. The average molecular weight is 611 g/mol. The van der Waals surface area contributed by atoms with Gasteiger partial charge in [-0.15, -0.1) is 0 Å². The van der Waals surface area contributed by atoms with E-state index in [0.717, 1.165) is 38.1 Å². The fraction of sp³-hybridized carbons (Fsp3) is 0.458. The number of anilines is 1. The number of aliphatic hydroxyl groups is 1. The first-order valence-corrected chi connectivity index (χ1v) is 12.5. The van der Waals surface area contributed by atoms with Gasteiger partial charge in [-0.25, -0.2) is 4.39 Å². The molecule has 2 aromatic carbocycles. The second kappa shape index (κ2) is 9.22. The molecule has 10 heteroatoms. The van der Waals surface area contributed by atoms with Crippen LogP contribution >= 0.6 is 34.2 Å². The minimum Gasteiger partial charge on any atom is -0.372 e. The van der Waals surface area contributed by atoms with E-state index in [-0.39, 0.29) is 26.7 Å². The van der Waals surface area contributed by atoms with Gasteiger partial charge >= 0.3 is 6.18 Å². The summed E-state index contributed by atoms with van der Waals surface area (Å²) in [5.41, 5.74) is -5.46. The van der Waals surface area contributed by atoms with Gasteiger partial charge in [0, 0.05) is 21.7 Å². The summed E-state index contributed by atoms with van der Waals surface area (Å²) < 4.78 is 57.5. The monoisotopic (exact) mass is 610 g/mol. The number of nitrogens with zero attached hydrogens (tertiary/aromatic N) is 2. The molecule has 1 saturated carbocycles. The highest BCUT2D eigenvalue weighted by Gasteiger charge is 2.58. The Morgan fingerprint density at radius 3 is 2.41 bits per heavy atom. The third-order valence-corrected chi connectivity index (χ3v) is 7.84. The van der Waals surface area contributed by atoms with Gasteiger partial charge in [0.1, 0.15) is 5.82 Å².